The van der Waals surface area contributed by atoms with Crippen LogP contribution in [0.4, 0.5) is 0 Å². The van der Waals surface area contributed by atoms with Crippen LogP contribution in [0.25, 0.3) is 95.1 Å². The zero-order chi connectivity index (χ0) is 45.9. The van der Waals surface area contributed by atoms with Crippen molar-refractivity contribution < 1.29 is 4.42 Å². The molecule has 0 bridgehead atoms. The molecule has 0 radical (unpaired) electrons. The second kappa shape index (κ2) is 15.0. The number of fused-ring (bicyclic) bond motifs is 8. The van der Waals surface area contributed by atoms with Gasteiger partial charge in [0.15, 0.2) is 17.5 Å². The van der Waals surface area contributed by atoms with E-state index in [0.717, 1.165) is 55.3 Å². The summed E-state index contributed by atoms with van der Waals surface area (Å²) in [5, 5.41) is 2.21. The number of allylic oxidation sites excluding steroid dienone is 4. The summed E-state index contributed by atoms with van der Waals surface area (Å²) in [6.45, 7) is 11.9. The lowest BCUT2D eigenvalue weighted by Crippen LogP contribution is -2.19. The molecule has 4 nitrogen and oxygen atoms in total. The maximum atomic E-state index is 7.23. The van der Waals surface area contributed by atoms with E-state index in [2.05, 4.69) is 192 Å². The van der Waals surface area contributed by atoms with Gasteiger partial charge < -0.3 is 4.42 Å². The molecule has 0 N–H and O–H groups in total. The molecule has 3 aliphatic rings. The Kier molecular flexibility index (Phi) is 8.92. The van der Waals surface area contributed by atoms with Gasteiger partial charge in [0.25, 0.3) is 0 Å². The van der Waals surface area contributed by atoms with Gasteiger partial charge in [0.2, 0.25) is 0 Å². The molecule has 0 fully saturated rings. The van der Waals surface area contributed by atoms with Crippen molar-refractivity contribution in [2.75, 3.05) is 0 Å². The van der Waals surface area contributed by atoms with Crippen LogP contribution < -0.4 is 0 Å². The van der Waals surface area contributed by atoms with Gasteiger partial charge in [0, 0.05) is 49.8 Å². The van der Waals surface area contributed by atoms with Crippen LogP contribution in [0.2, 0.25) is 0 Å². The van der Waals surface area contributed by atoms with Crippen LogP contribution in [0, 0.1) is 5.92 Å². The molecule has 13 rings (SSSR count). The third-order valence-electron chi connectivity index (χ3n) is 15.3. The van der Waals surface area contributed by atoms with Gasteiger partial charge in [-0.1, -0.05) is 204 Å². The minimum atomic E-state index is -0.144. The quantitative estimate of drug-likeness (QED) is 0.167. The topological polar surface area (TPSA) is 51.8 Å². The molecule has 0 aliphatic heterocycles. The molecule has 0 spiro atoms. The molecular formula is C64H49N3O. The third kappa shape index (κ3) is 6.03. The first-order valence-electron chi connectivity index (χ1n) is 23.9. The van der Waals surface area contributed by atoms with Crippen LogP contribution in [0.15, 0.2) is 204 Å². The average Bonchev–Trinajstić information content (AvgIpc) is 3.96. The summed E-state index contributed by atoms with van der Waals surface area (Å²) < 4.78 is 7.23. The van der Waals surface area contributed by atoms with Crippen LogP contribution >= 0.6 is 0 Å². The largest absolute Gasteiger partial charge is 0.455 e. The van der Waals surface area contributed by atoms with E-state index in [0.29, 0.717) is 17.5 Å². The lowest BCUT2D eigenvalue weighted by Gasteiger charge is -2.31. The molecular weight excluding hydrogens is 827 g/mol. The van der Waals surface area contributed by atoms with Gasteiger partial charge in [-0.15, -0.1) is 0 Å². The summed E-state index contributed by atoms with van der Waals surface area (Å²) >= 11 is 0. The molecule has 2 aromatic heterocycles. The number of benzene rings is 8. The van der Waals surface area contributed by atoms with Crippen LogP contribution in [0.1, 0.15) is 68.4 Å². The zero-order valence-corrected chi connectivity index (χ0v) is 38.9. The van der Waals surface area contributed by atoms with E-state index >= 15 is 0 Å². The van der Waals surface area contributed by atoms with Crippen LogP contribution in [0.3, 0.4) is 0 Å². The van der Waals surface area contributed by atoms with E-state index in [-0.39, 0.29) is 22.7 Å². The standard InChI is InChI=1S/C64H49N3O/c1-38-33-34-53-58(47-26-13-15-30-51(47)64(53,4)5)55(38)43-36-48(45-28-17-31-52-56(45)46-25-12-14-29-50(46)63(52,2)3)59-49(37-43)57-44(27-18-32-54(57)68-59)41-23-16-24-42(35-41)62-66-60(39-19-8-6-9-20-39)65-61(67-62)40-21-10-7-11-22-40/h6-38,55H,1-5H3/t38?,55-/m0/s1. The molecule has 68 heavy (non-hydrogen) atoms. The van der Waals surface area contributed by atoms with Gasteiger partial charge in [-0.25, -0.2) is 15.0 Å². The molecule has 326 valence electrons. The van der Waals surface area contributed by atoms with Crippen LogP contribution in [-0.4, -0.2) is 15.0 Å². The Morgan fingerprint density at radius 1 is 0.456 bits per heavy atom. The van der Waals surface area contributed by atoms with Crippen molar-refractivity contribution in [3.05, 3.63) is 228 Å². The fourth-order valence-electron chi connectivity index (χ4n) is 11.9. The van der Waals surface area contributed by atoms with Gasteiger partial charge in [-0.2, -0.15) is 0 Å². The second-order valence-electron chi connectivity index (χ2n) is 19.9. The number of furan rings is 1. The van der Waals surface area contributed by atoms with Crippen molar-refractivity contribution in [2.24, 2.45) is 5.92 Å². The molecule has 1 unspecified atom stereocenters. The van der Waals surface area contributed by atoms with Gasteiger partial charge >= 0.3 is 0 Å². The minimum absolute atomic E-state index is 0.105. The monoisotopic (exact) mass is 875 g/mol. The lowest BCUT2D eigenvalue weighted by molar-refractivity contribution is 0.617. The van der Waals surface area contributed by atoms with E-state index in [9.17, 15) is 0 Å². The van der Waals surface area contributed by atoms with E-state index in [1.54, 1.807) is 0 Å². The van der Waals surface area contributed by atoms with Gasteiger partial charge in [-0.3, -0.25) is 0 Å². The number of nitrogens with zero attached hydrogens (tertiary/aromatic N) is 3. The molecule has 8 aromatic carbocycles. The van der Waals surface area contributed by atoms with E-state index < -0.39 is 0 Å². The highest BCUT2D eigenvalue weighted by Gasteiger charge is 2.43. The second-order valence-corrected chi connectivity index (χ2v) is 19.9. The zero-order valence-electron chi connectivity index (χ0n) is 38.9. The summed E-state index contributed by atoms with van der Waals surface area (Å²) in [5.41, 5.74) is 21.0. The molecule has 0 saturated heterocycles. The van der Waals surface area contributed by atoms with Crippen LogP contribution in [-0.2, 0) is 10.8 Å². The van der Waals surface area contributed by atoms with Crippen molar-refractivity contribution in [2.45, 2.75) is 51.4 Å². The average molecular weight is 876 g/mol. The van der Waals surface area contributed by atoms with Gasteiger partial charge in [0.05, 0.1) is 0 Å². The normalized spacial score (nSPS) is 17.3. The molecule has 2 atom stereocenters. The molecule has 10 aromatic rings. The fourth-order valence-corrected chi connectivity index (χ4v) is 11.9. The molecule has 0 amide bonds. The highest BCUT2D eigenvalue weighted by molar-refractivity contribution is 6.17. The van der Waals surface area contributed by atoms with E-state index in [1.807, 2.05) is 36.4 Å². The number of hydrogen-bond acceptors (Lipinski definition) is 4. The molecule has 3 aliphatic carbocycles. The van der Waals surface area contributed by atoms with Crippen LogP contribution in [0.5, 0.6) is 0 Å². The summed E-state index contributed by atoms with van der Waals surface area (Å²) in [4.78, 5) is 15.2. The fraction of sp³-hybridized carbons (Fsp3) is 0.141. The first-order valence-corrected chi connectivity index (χ1v) is 23.9. The number of rotatable bonds is 6. The number of aromatic nitrogens is 3. The van der Waals surface area contributed by atoms with Gasteiger partial charge in [-0.05, 0) is 97.0 Å². The predicted molar refractivity (Wildman–Crippen MR) is 279 cm³/mol. The smallest absolute Gasteiger partial charge is 0.164 e. The summed E-state index contributed by atoms with van der Waals surface area (Å²) in [7, 11) is 0. The van der Waals surface area contributed by atoms with Crippen molar-refractivity contribution >= 4 is 27.5 Å². The first kappa shape index (κ1) is 40.3. The minimum Gasteiger partial charge on any atom is -0.455 e. The maximum Gasteiger partial charge on any atom is 0.164 e. The summed E-state index contributed by atoms with van der Waals surface area (Å²) in [6.07, 6.45) is 4.85. The SMILES string of the molecule is CC1C=CC2=C(c3ccccc3C2(C)C)[C@@H]1c1cc(-c2cccc3c2-c2ccccc2C3(C)C)c2oc3cccc(-c4cccc(-c5nc(-c6ccccc6)nc(-c6ccccc6)n5)c4)c3c2c1. The van der Waals surface area contributed by atoms with E-state index in [4.69, 9.17) is 19.4 Å². The van der Waals surface area contributed by atoms with E-state index in [1.165, 1.54) is 55.7 Å². The molecule has 0 saturated carbocycles. The number of hydrogen-bond donors (Lipinski definition) is 0. The molecule has 4 heteroatoms. The Labute approximate surface area is 397 Å². The first-order chi connectivity index (χ1) is 33.1. The van der Waals surface area contributed by atoms with Crippen molar-refractivity contribution in [3.63, 3.8) is 0 Å². The van der Waals surface area contributed by atoms with Crippen molar-refractivity contribution in [1.29, 1.82) is 0 Å². The highest BCUT2D eigenvalue weighted by atomic mass is 16.3. The Balaban J connectivity index is 1.06. The Morgan fingerprint density at radius 2 is 1.00 bits per heavy atom. The summed E-state index contributed by atoms with van der Waals surface area (Å²) in [5.74, 6) is 2.29. The summed E-state index contributed by atoms with van der Waals surface area (Å²) in [6, 6.07) is 65.3. The maximum absolute atomic E-state index is 7.23. The molecule has 2 heterocycles. The van der Waals surface area contributed by atoms with Crippen molar-refractivity contribution in [1.82, 2.24) is 15.0 Å². The Bertz CT molecular complexity index is 3700. The highest BCUT2D eigenvalue weighted by Crippen LogP contribution is 2.58. The predicted octanol–water partition coefficient (Wildman–Crippen LogP) is 16.4. The van der Waals surface area contributed by atoms with Crippen molar-refractivity contribution in [3.8, 4) is 67.5 Å². The third-order valence-corrected chi connectivity index (χ3v) is 15.3. The van der Waals surface area contributed by atoms with Gasteiger partial charge in [0.1, 0.15) is 11.2 Å². The Hall–Kier alpha value is -7.95. The lowest BCUT2D eigenvalue weighted by atomic mass is 9.72. The Morgan fingerprint density at radius 3 is 1.72 bits per heavy atom.